The van der Waals surface area contributed by atoms with Crippen LogP contribution in [0.25, 0.3) is 22.2 Å². The molecule has 0 spiro atoms. The summed E-state index contributed by atoms with van der Waals surface area (Å²) in [5.41, 5.74) is 5.71. The third-order valence-corrected chi connectivity index (χ3v) is 5.65. The Kier molecular flexibility index (Phi) is 5.37. The van der Waals surface area contributed by atoms with Gasteiger partial charge < -0.3 is 14.6 Å². The number of ether oxygens (including phenoxy) is 1. The number of aryl methyl sites for hydroxylation is 1. The lowest BCUT2D eigenvalue weighted by Crippen LogP contribution is -2.38. The van der Waals surface area contributed by atoms with Crippen LogP contribution in [0.5, 0.6) is 5.75 Å². The van der Waals surface area contributed by atoms with E-state index in [4.69, 9.17) is 4.74 Å². The van der Waals surface area contributed by atoms with Gasteiger partial charge in [-0.25, -0.2) is 4.79 Å². The molecular formula is C24H28N4O2. The number of aromatic nitrogens is 1. The predicted octanol–water partition coefficient (Wildman–Crippen LogP) is 4.94. The van der Waals surface area contributed by atoms with Crippen LogP contribution in [0, 0.1) is 11.3 Å². The summed E-state index contributed by atoms with van der Waals surface area (Å²) in [6.45, 7) is 6.14. The lowest BCUT2D eigenvalue weighted by Gasteiger charge is -2.18. The summed E-state index contributed by atoms with van der Waals surface area (Å²) in [6, 6.07) is 14.4. The van der Waals surface area contributed by atoms with Crippen LogP contribution < -0.4 is 15.0 Å². The Bertz CT molecular complexity index is 1160. The second-order valence-corrected chi connectivity index (χ2v) is 7.45. The Morgan fingerprint density at radius 3 is 2.80 bits per heavy atom. The average molecular weight is 405 g/mol. The summed E-state index contributed by atoms with van der Waals surface area (Å²) in [7, 11) is 1.65. The van der Waals surface area contributed by atoms with Crippen LogP contribution in [0.3, 0.4) is 0 Å². The molecule has 0 atom stereocenters. The van der Waals surface area contributed by atoms with Crippen molar-refractivity contribution in [3.05, 3.63) is 47.5 Å². The molecule has 1 aliphatic heterocycles. The highest BCUT2D eigenvalue weighted by Gasteiger charge is 2.26. The highest BCUT2D eigenvalue weighted by Crippen LogP contribution is 2.38. The second-order valence-electron chi connectivity index (χ2n) is 7.45. The number of nitrogens with zero attached hydrogens (tertiary/aromatic N) is 3. The zero-order valence-corrected chi connectivity index (χ0v) is 17.7. The Morgan fingerprint density at radius 2 is 2.10 bits per heavy atom. The molecule has 1 N–H and O–H groups in total. The molecule has 0 radical (unpaired) electrons. The van der Waals surface area contributed by atoms with Crippen LogP contribution in [0.4, 0.5) is 10.5 Å². The van der Waals surface area contributed by atoms with E-state index in [0.717, 1.165) is 58.5 Å². The maximum Gasteiger partial charge on any atom is 0.321 e. The summed E-state index contributed by atoms with van der Waals surface area (Å²) in [4.78, 5) is 14.1. The monoisotopic (exact) mass is 404 g/mol. The fourth-order valence-corrected chi connectivity index (χ4v) is 4.33. The highest BCUT2D eigenvalue weighted by molar-refractivity contribution is 5.97. The summed E-state index contributed by atoms with van der Waals surface area (Å²) in [5.74, 6) is 0.778. The molecule has 2 aromatic carbocycles. The van der Waals surface area contributed by atoms with Crippen molar-refractivity contribution in [2.24, 2.45) is 0 Å². The molecule has 0 fully saturated rings. The molecule has 3 aromatic rings. The standard InChI is InChI=1S/C24H26N4O2.H2/c1-4-11-27-22-14-18(30-3)7-8-19(22)20(15-25)23(27)17-6-9-21-16(13-17)10-12-28(21)24(29)26-5-2;/h6-9,13-14H,4-5,10-12H2,1-3H3,(H,26,29);1H. The molecule has 2 amide bonds. The van der Waals surface area contributed by atoms with Crippen molar-refractivity contribution in [1.82, 2.24) is 9.88 Å². The predicted molar refractivity (Wildman–Crippen MR) is 121 cm³/mol. The molecule has 0 aliphatic carbocycles. The summed E-state index contributed by atoms with van der Waals surface area (Å²) >= 11 is 0. The molecule has 156 valence electrons. The molecule has 6 heteroatoms. The normalized spacial score (nSPS) is 12.7. The second kappa shape index (κ2) is 8.11. The Hall–Kier alpha value is -3.46. The number of carbonyl (C=O) groups is 1. The van der Waals surface area contributed by atoms with E-state index in [2.05, 4.69) is 28.9 Å². The van der Waals surface area contributed by atoms with E-state index in [1.807, 2.05) is 37.3 Å². The van der Waals surface area contributed by atoms with E-state index in [1.54, 1.807) is 12.0 Å². The number of hydrogen-bond donors (Lipinski definition) is 1. The zero-order chi connectivity index (χ0) is 21.3. The maximum absolute atomic E-state index is 12.3. The lowest BCUT2D eigenvalue weighted by atomic mass is 10.0. The van der Waals surface area contributed by atoms with Crippen LogP contribution >= 0.6 is 0 Å². The van der Waals surface area contributed by atoms with Gasteiger partial charge in [0.1, 0.15) is 11.8 Å². The van der Waals surface area contributed by atoms with E-state index >= 15 is 0 Å². The number of amides is 2. The number of nitrogens with one attached hydrogen (secondary N) is 1. The van der Waals surface area contributed by atoms with Crippen molar-refractivity contribution in [3.63, 3.8) is 0 Å². The molecule has 0 saturated heterocycles. The average Bonchev–Trinajstić information content (AvgIpc) is 3.32. The first kappa shape index (κ1) is 19.8. The van der Waals surface area contributed by atoms with Crippen LogP contribution in [0.1, 0.15) is 32.8 Å². The third kappa shape index (κ3) is 3.17. The fourth-order valence-electron chi connectivity index (χ4n) is 4.33. The molecule has 1 aromatic heterocycles. The van der Waals surface area contributed by atoms with Crippen molar-refractivity contribution in [3.8, 4) is 23.1 Å². The van der Waals surface area contributed by atoms with Gasteiger partial charge in [-0.1, -0.05) is 13.0 Å². The Labute approximate surface area is 178 Å². The lowest BCUT2D eigenvalue weighted by molar-refractivity contribution is 0.247. The number of rotatable bonds is 5. The SMILES string of the molecule is CCCn1c(-c2ccc3c(c2)CCN3C(=O)NCC)c(C#N)c2ccc(OC)cc21.[HH]. The summed E-state index contributed by atoms with van der Waals surface area (Å²) in [5, 5.41) is 13.8. The zero-order valence-electron chi connectivity index (χ0n) is 17.7. The van der Waals surface area contributed by atoms with E-state index in [9.17, 15) is 10.1 Å². The molecule has 30 heavy (non-hydrogen) atoms. The van der Waals surface area contributed by atoms with Gasteiger partial charge in [0.05, 0.1) is 23.9 Å². The van der Waals surface area contributed by atoms with E-state index < -0.39 is 0 Å². The number of fused-ring (bicyclic) bond motifs is 2. The highest BCUT2D eigenvalue weighted by atomic mass is 16.5. The quantitative estimate of drug-likeness (QED) is 0.655. The largest absolute Gasteiger partial charge is 0.497 e. The Morgan fingerprint density at radius 1 is 1.27 bits per heavy atom. The first-order valence-corrected chi connectivity index (χ1v) is 10.4. The van der Waals surface area contributed by atoms with Crippen LogP contribution in [0.15, 0.2) is 36.4 Å². The smallest absolute Gasteiger partial charge is 0.321 e. The number of benzene rings is 2. The van der Waals surface area contributed by atoms with Crippen LogP contribution in [-0.4, -0.2) is 30.8 Å². The molecule has 4 rings (SSSR count). The van der Waals surface area contributed by atoms with Crippen molar-refractivity contribution in [1.29, 1.82) is 5.26 Å². The van der Waals surface area contributed by atoms with Gasteiger partial charge in [0.15, 0.2) is 0 Å². The topological polar surface area (TPSA) is 70.3 Å². The summed E-state index contributed by atoms with van der Waals surface area (Å²) in [6.07, 6.45) is 1.76. The maximum atomic E-state index is 12.3. The van der Waals surface area contributed by atoms with Gasteiger partial charge in [-0.3, -0.25) is 4.90 Å². The first-order valence-electron chi connectivity index (χ1n) is 10.4. The van der Waals surface area contributed by atoms with Crippen LogP contribution in [-0.2, 0) is 13.0 Å². The molecule has 0 saturated carbocycles. The van der Waals surface area contributed by atoms with Crippen molar-refractivity contribution in [2.75, 3.05) is 25.1 Å². The van der Waals surface area contributed by atoms with Gasteiger partial charge in [-0.05, 0) is 55.2 Å². The minimum Gasteiger partial charge on any atom is -0.497 e. The molecule has 2 heterocycles. The summed E-state index contributed by atoms with van der Waals surface area (Å²) < 4.78 is 7.64. The van der Waals surface area contributed by atoms with E-state index in [-0.39, 0.29) is 7.46 Å². The Balaban J connectivity index is 0.00000272. The van der Waals surface area contributed by atoms with E-state index in [1.165, 1.54) is 0 Å². The minimum atomic E-state index is -0.0612. The van der Waals surface area contributed by atoms with Gasteiger partial charge in [0, 0.05) is 38.2 Å². The molecular weight excluding hydrogens is 376 g/mol. The first-order chi connectivity index (χ1) is 14.6. The van der Waals surface area contributed by atoms with Gasteiger partial charge in [-0.15, -0.1) is 0 Å². The molecule has 0 unspecified atom stereocenters. The number of hydrogen-bond acceptors (Lipinski definition) is 3. The molecule has 1 aliphatic rings. The van der Waals surface area contributed by atoms with Gasteiger partial charge in [-0.2, -0.15) is 5.26 Å². The van der Waals surface area contributed by atoms with Gasteiger partial charge in [0.25, 0.3) is 0 Å². The number of carbonyl (C=O) groups excluding carboxylic acids is 1. The van der Waals surface area contributed by atoms with Crippen LogP contribution in [0.2, 0.25) is 0 Å². The van der Waals surface area contributed by atoms with Gasteiger partial charge >= 0.3 is 6.03 Å². The molecule has 6 nitrogen and oxygen atoms in total. The van der Waals surface area contributed by atoms with Crippen molar-refractivity contribution < 1.29 is 11.0 Å². The van der Waals surface area contributed by atoms with Crippen molar-refractivity contribution in [2.45, 2.75) is 33.2 Å². The number of methoxy groups -OCH3 is 1. The molecule has 0 bridgehead atoms. The minimum absolute atomic E-state index is 0. The number of urea groups is 1. The van der Waals surface area contributed by atoms with Gasteiger partial charge in [0.2, 0.25) is 0 Å². The third-order valence-electron chi connectivity index (χ3n) is 5.65. The van der Waals surface area contributed by atoms with E-state index in [0.29, 0.717) is 18.7 Å². The number of nitriles is 1. The fraction of sp³-hybridized carbons (Fsp3) is 0.333. The van der Waals surface area contributed by atoms with Crippen molar-refractivity contribution >= 4 is 22.6 Å². The number of anilines is 1.